The van der Waals surface area contributed by atoms with Gasteiger partial charge in [0, 0.05) is 10.0 Å². The molecule has 0 saturated heterocycles. The van der Waals surface area contributed by atoms with E-state index in [1.165, 1.54) is 11.8 Å². The molecule has 1 aromatic heterocycles. The molecule has 132 valence electrons. The highest BCUT2D eigenvalue weighted by Gasteiger charge is 2.17. The van der Waals surface area contributed by atoms with E-state index in [1.54, 1.807) is 18.2 Å². The summed E-state index contributed by atoms with van der Waals surface area (Å²) < 4.78 is 17.5. The number of halogens is 1. The van der Waals surface area contributed by atoms with Crippen LogP contribution < -0.4 is 9.47 Å². The molecule has 6 nitrogen and oxygen atoms in total. The molecule has 0 aliphatic carbocycles. The highest BCUT2D eigenvalue weighted by molar-refractivity contribution is 9.10. The number of aromatic nitrogens is 2. The van der Waals surface area contributed by atoms with Gasteiger partial charge in [0.2, 0.25) is 5.89 Å². The number of hydrogen-bond donors (Lipinski definition) is 0. The first-order valence-corrected chi connectivity index (χ1v) is 9.62. The van der Waals surface area contributed by atoms with Crippen LogP contribution in [0.3, 0.4) is 0 Å². The second kappa shape index (κ2) is 7.51. The van der Waals surface area contributed by atoms with Crippen LogP contribution in [0.1, 0.15) is 10.4 Å². The Morgan fingerprint density at radius 2 is 1.88 bits per heavy atom. The van der Waals surface area contributed by atoms with Crippen LogP contribution >= 0.6 is 27.7 Å². The summed E-state index contributed by atoms with van der Waals surface area (Å²) in [5.41, 5.74) is 1.37. The summed E-state index contributed by atoms with van der Waals surface area (Å²) in [5.74, 6) is 1.81. The van der Waals surface area contributed by atoms with Crippen LogP contribution in [0.25, 0.3) is 11.5 Å². The van der Waals surface area contributed by atoms with Gasteiger partial charge < -0.3 is 13.9 Å². The molecule has 26 heavy (non-hydrogen) atoms. The quantitative estimate of drug-likeness (QED) is 0.440. The van der Waals surface area contributed by atoms with Gasteiger partial charge in [-0.1, -0.05) is 23.9 Å². The molecule has 8 heteroatoms. The second-order valence-corrected chi connectivity index (χ2v) is 7.20. The molecule has 2 heterocycles. The van der Waals surface area contributed by atoms with Crippen molar-refractivity contribution in [2.24, 2.45) is 0 Å². The minimum atomic E-state index is -0.0485. The van der Waals surface area contributed by atoms with Crippen molar-refractivity contribution in [3.63, 3.8) is 0 Å². The molecule has 0 unspecified atom stereocenters. The lowest BCUT2D eigenvalue weighted by molar-refractivity contribution is 0.102. The second-order valence-electron chi connectivity index (χ2n) is 5.42. The number of hydrogen-bond acceptors (Lipinski definition) is 7. The Balaban J connectivity index is 1.43. The third-order valence-corrected chi connectivity index (χ3v) is 5.21. The summed E-state index contributed by atoms with van der Waals surface area (Å²) in [4.78, 5) is 12.4. The zero-order valence-corrected chi connectivity index (χ0v) is 15.9. The van der Waals surface area contributed by atoms with E-state index in [1.807, 2.05) is 24.3 Å². The van der Waals surface area contributed by atoms with E-state index < -0.39 is 0 Å². The lowest BCUT2D eigenvalue weighted by Crippen LogP contribution is -2.16. The lowest BCUT2D eigenvalue weighted by Gasteiger charge is -2.18. The fraction of sp³-hybridized carbons (Fsp3) is 0.167. The van der Waals surface area contributed by atoms with E-state index in [-0.39, 0.29) is 11.5 Å². The summed E-state index contributed by atoms with van der Waals surface area (Å²) in [5, 5.41) is 8.39. The van der Waals surface area contributed by atoms with Gasteiger partial charge in [0.05, 0.1) is 11.3 Å². The van der Waals surface area contributed by atoms with Gasteiger partial charge in [-0.25, -0.2) is 0 Å². The Hall–Kier alpha value is -2.32. The molecule has 3 aromatic rings. The predicted octanol–water partition coefficient (Wildman–Crippen LogP) is 4.25. The number of ketones is 1. The molecule has 1 aliphatic rings. The van der Waals surface area contributed by atoms with Crippen molar-refractivity contribution in [1.29, 1.82) is 0 Å². The van der Waals surface area contributed by atoms with Crippen LogP contribution in [-0.4, -0.2) is 34.9 Å². The third-order valence-electron chi connectivity index (χ3n) is 3.70. The monoisotopic (exact) mass is 432 g/mol. The van der Waals surface area contributed by atoms with Crippen molar-refractivity contribution in [2.75, 3.05) is 19.0 Å². The number of thioether (sulfide) groups is 1. The number of fused-ring (bicyclic) bond motifs is 1. The van der Waals surface area contributed by atoms with Crippen LogP contribution in [0.4, 0.5) is 0 Å². The Labute approximate surface area is 162 Å². The van der Waals surface area contributed by atoms with Crippen molar-refractivity contribution in [1.82, 2.24) is 10.2 Å². The number of Topliss-reactive ketones (excluding diaryl/α,β-unsaturated/α-hetero) is 1. The van der Waals surface area contributed by atoms with Gasteiger partial charge in [0.1, 0.15) is 13.2 Å². The zero-order chi connectivity index (χ0) is 17.9. The summed E-state index contributed by atoms with van der Waals surface area (Å²) >= 11 is 4.66. The molecule has 0 radical (unpaired) electrons. The average Bonchev–Trinajstić information content (AvgIpc) is 3.15. The van der Waals surface area contributed by atoms with Gasteiger partial charge in [0.25, 0.3) is 5.22 Å². The molecule has 0 fully saturated rings. The largest absolute Gasteiger partial charge is 0.486 e. The van der Waals surface area contributed by atoms with Crippen molar-refractivity contribution in [3.8, 4) is 23.0 Å². The summed E-state index contributed by atoms with van der Waals surface area (Å²) in [6, 6.07) is 12.8. The molecule has 0 bridgehead atoms. The van der Waals surface area contributed by atoms with E-state index in [4.69, 9.17) is 13.9 Å². The molecule has 0 atom stereocenters. The minimum absolute atomic E-state index is 0.0485. The van der Waals surface area contributed by atoms with Crippen LogP contribution in [0.2, 0.25) is 0 Å². The van der Waals surface area contributed by atoms with Crippen LogP contribution in [-0.2, 0) is 0 Å². The Morgan fingerprint density at radius 1 is 1.08 bits per heavy atom. The number of rotatable bonds is 5. The van der Waals surface area contributed by atoms with E-state index in [9.17, 15) is 4.79 Å². The normalized spacial score (nSPS) is 12.8. The smallest absolute Gasteiger partial charge is 0.277 e. The molecular formula is C18H13BrN2O4S. The van der Waals surface area contributed by atoms with E-state index in [0.29, 0.717) is 41.4 Å². The maximum atomic E-state index is 12.4. The predicted molar refractivity (Wildman–Crippen MR) is 99.9 cm³/mol. The van der Waals surface area contributed by atoms with Crippen molar-refractivity contribution >= 4 is 33.5 Å². The Bertz CT molecular complexity index is 960. The topological polar surface area (TPSA) is 74.5 Å². The highest BCUT2D eigenvalue weighted by atomic mass is 79.9. The molecule has 0 saturated carbocycles. The SMILES string of the molecule is O=C(CSc1nnc(-c2ccccc2Br)o1)c1ccc2c(c1)OCCO2. The van der Waals surface area contributed by atoms with Gasteiger partial charge in [-0.15, -0.1) is 10.2 Å². The summed E-state index contributed by atoms with van der Waals surface area (Å²) in [6.45, 7) is 1.01. The zero-order valence-electron chi connectivity index (χ0n) is 13.5. The Morgan fingerprint density at radius 3 is 2.73 bits per heavy atom. The molecule has 2 aromatic carbocycles. The van der Waals surface area contributed by atoms with Crippen LogP contribution in [0.15, 0.2) is 56.6 Å². The number of carbonyl (C=O) groups is 1. The number of ether oxygens (including phenoxy) is 2. The highest BCUT2D eigenvalue weighted by Crippen LogP contribution is 2.32. The third kappa shape index (κ3) is 3.61. The standard InChI is InChI=1S/C18H13BrN2O4S/c19-13-4-2-1-3-12(13)17-20-21-18(25-17)26-10-14(22)11-5-6-15-16(9-11)24-8-7-23-15/h1-6,9H,7-8,10H2. The molecule has 0 amide bonds. The first-order valence-electron chi connectivity index (χ1n) is 7.85. The maximum absolute atomic E-state index is 12.4. The molecular weight excluding hydrogens is 420 g/mol. The van der Waals surface area contributed by atoms with Gasteiger partial charge in [0.15, 0.2) is 17.3 Å². The van der Waals surface area contributed by atoms with Crippen LogP contribution in [0.5, 0.6) is 11.5 Å². The van der Waals surface area contributed by atoms with Crippen LogP contribution in [0, 0.1) is 0 Å². The van der Waals surface area contributed by atoms with Gasteiger partial charge in [-0.05, 0) is 46.3 Å². The number of nitrogens with zero attached hydrogens (tertiary/aromatic N) is 2. The fourth-order valence-electron chi connectivity index (χ4n) is 2.44. The Kier molecular flexibility index (Phi) is 4.94. The summed E-state index contributed by atoms with van der Waals surface area (Å²) in [7, 11) is 0. The number of carbonyl (C=O) groups excluding carboxylic acids is 1. The lowest BCUT2D eigenvalue weighted by atomic mass is 10.1. The van der Waals surface area contributed by atoms with E-state index in [0.717, 1.165) is 10.0 Å². The van der Waals surface area contributed by atoms with Gasteiger partial charge in [-0.2, -0.15) is 0 Å². The van der Waals surface area contributed by atoms with Gasteiger partial charge >= 0.3 is 0 Å². The minimum Gasteiger partial charge on any atom is -0.486 e. The average molecular weight is 433 g/mol. The van der Waals surface area contributed by atoms with E-state index in [2.05, 4.69) is 26.1 Å². The van der Waals surface area contributed by atoms with Crippen molar-refractivity contribution in [3.05, 3.63) is 52.5 Å². The van der Waals surface area contributed by atoms with Crippen molar-refractivity contribution < 1.29 is 18.7 Å². The maximum Gasteiger partial charge on any atom is 0.277 e. The molecule has 0 spiro atoms. The first-order chi connectivity index (χ1) is 12.7. The fourth-order valence-corrected chi connectivity index (χ4v) is 3.55. The van der Waals surface area contributed by atoms with Gasteiger partial charge in [-0.3, -0.25) is 4.79 Å². The molecule has 4 rings (SSSR count). The van der Waals surface area contributed by atoms with E-state index >= 15 is 0 Å². The summed E-state index contributed by atoms with van der Waals surface area (Å²) in [6.07, 6.45) is 0. The first kappa shape index (κ1) is 17.1. The molecule has 1 aliphatic heterocycles. The number of benzene rings is 2. The molecule has 0 N–H and O–H groups in total. The van der Waals surface area contributed by atoms with Crippen molar-refractivity contribution in [2.45, 2.75) is 5.22 Å².